The second kappa shape index (κ2) is 8.10. The number of amides is 1. The van der Waals surface area contributed by atoms with E-state index in [1.165, 1.54) is 4.31 Å². The molecule has 1 amide bonds. The summed E-state index contributed by atoms with van der Waals surface area (Å²) < 4.78 is 34.6. The van der Waals surface area contributed by atoms with Gasteiger partial charge in [0.15, 0.2) is 0 Å². The molecule has 1 aliphatic rings. The molecule has 0 radical (unpaired) electrons. The van der Waals surface area contributed by atoms with Crippen LogP contribution in [0.1, 0.15) is 36.1 Å². The topological polar surface area (TPSA) is 75.7 Å². The molecule has 0 spiro atoms. The van der Waals surface area contributed by atoms with Crippen LogP contribution in [0.4, 0.5) is 5.69 Å². The first-order valence-electron chi connectivity index (χ1n) is 9.00. The zero-order valence-electron chi connectivity index (χ0n) is 15.5. The van der Waals surface area contributed by atoms with Gasteiger partial charge in [0.2, 0.25) is 5.91 Å². The van der Waals surface area contributed by atoms with Crippen molar-refractivity contribution in [2.45, 2.75) is 32.8 Å². The molecule has 6 nitrogen and oxygen atoms in total. The lowest BCUT2D eigenvalue weighted by Gasteiger charge is -2.27. The van der Waals surface area contributed by atoms with Gasteiger partial charge in [0, 0.05) is 6.54 Å². The van der Waals surface area contributed by atoms with Crippen LogP contribution in [0.15, 0.2) is 48.5 Å². The highest BCUT2D eigenvalue weighted by Crippen LogP contribution is 2.29. The van der Waals surface area contributed by atoms with Crippen molar-refractivity contribution in [2.24, 2.45) is 0 Å². The van der Waals surface area contributed by atoms with Gasteiger partial charge in [-0.05, 0) is 43.0 Å². The molecule has 0 saturated heterocycles. The van der Waals surface area contributed by atoms with E-state index in [2.05, 4.69) is 4.72 Å². The first kappa shape index (κ1) is 19.4. The van der Waals surface area contributed by atoms with Gasteiger partial charge in [-0.1, -0.05) is 42.5 Å². The zero-order valence-corrected chi connectivity index (χ0v) is 16.3. The highest BCUT2D eigenvalue weighted by atomic mass is 32.2. The molecule has 0 bridgehead atoms. The molecule has 1 heterocycles. The Labute approximate surface area is 160 Å². The molecule has 0 saturated carbocycles. The van der Waals surface area contributed by atoms with Crippen LogP contribution in [0.3, 0.4) is 0 Å². The third kappa shape index (κ3) is 4.31. The van der Waals surface area contributed by atoms with Crippen LogP contribution in [0, 0.1) is 6.92 Å². The van der Waals surface area contributed by atoms with Gasteiger partial charge in [0.05, 0.1) is 24.8 Å². The first-order chi connectivity index (χ1) is 12.9. The lowest BCUT2D eigenvalue weighted by atomic mass is 9.96. The molecule has 0 fully saturated rings. The summed E-state index contributed by atoms with van der Waals surface area (Å²) >= 11 is 0. The molecule has 3 rings (SSSR count). The molecule has 2 aromatic carbocycles. The maximum Gasteiger partial charge on any atom is 0.326 e. The Hall–Kier alpha value is -2.38. The minimum Gasteiger partial charge on any atom is -0.373 e. The smallest absolute Gasteiger partial charge is 0.326 e. The quantitative estimate of drug-likeness (QED) is 0.826. The van der Waals surface area contributed by atoms with Crippen LogP contribution in [0.2, 0.25) is 0 Å². The Bertz CT molecular complexity index is 927. The monoisotopic (exact) mass is 388 g/mol. The molecular formula is C20H24N2O4S. The summed E-state index contributed by atoms with van der Waals surface area (Å²) in [6.07, 6.45) is 0.323. The van der Waals surface area contributed by atoms with Crippen LogP contribution in [-0.2, 0) is 26.2 Å². The predicted molar refractivity (Wildman–Crippen MR) is 105 cm³/mol. The predicted octanol–water partition coefficient (Wildman–Crippen LogP) is 2.89. The van der Waals surface area contributed by atoms with Gasteiger partial charge in [-0.25, -0.2) is 4.72 Å². The molecule has 1 atom stereocenters. The van der Waals surface area contributed by atoms with Crippen LogP contribution < -0.4 is 9.03 Å². The minimum atomic E-state index is -4.00. The van der Waals surface area contributed by atoms with Gasteiger partial charge in [-0.2, -0.15) is 8.42 Å². The van der Waals surface area contributed by atoms with E-state index >= 15 is 0 Å². The summed E-state index contributed by atoms with van der Waals surface area (Å²) in [7, 11) is -4.00. The fraction of sp³-hybridized carbons (Fsp3) is 0.350. The number of nitrogens with one attached hydrogen (secondary N) is 1. The largest absolute Gasteiger partial charge is 0.373 e. The van der Waals surface area contributed by atoms with Gasteiger partial charge in [-0.3, -0.25) is 9.10 Å². The van der Waals surface area contributed by atoms with Crippen molar-refractivity contribution < 1.29 is 17.9 Å². The van der Waals surface area contributed by atoms with Gasteiger partial charge < -0.3 is 4.74 Å². The van der Waals surface area contributed by atoms with Crippen LogP contribution in [0.5, 0.6) is 0 Å². The van der Waals surface area contributed by atoms with E-state index in [0.29, 0.717) is 12.3 Å². The summed E-state index contributed by atoms with van der Waals surface area (Å²) in [5.41, 5.74) is 3.46. The van der Waals surface area contributed by atoms with E-state index in [4.69, 9.17) is 4.74 Å². The number of hydrogen-bond donors (Lipinski definition) is 1. The molecule has 7 heteroatoms. The molecular weight excluding hydrogens is 364 g/mol. The molecule has 1 unspecified atom stereocenters. The third-order valence-corrected chi connectivity index (χ3v) is 6.19. The summed E-state index contributed by atoms with van der Waals surface area (Å²) in [5.74, 6) is -0.580. The minimum absolute atomic E-state index is 0.0401. The molecule has 144 valence electrons. The number of carbonyl (C=O) groups excluding carboxylic acids is 1. The van der Waals surface area contributed by atoms with Crippen LogP contribution >= 0.6 is 0 Å². The van der Waals surface area contributed by atoms with E-state index in [-0.39, 0.29) is 13.0 Å². The van der Waals surface area contributed by atoms with Gasteiger partial charge in [-0.15, -0.1) is 0 Å². The lowest BCUT2D eigenvalue weighted by molar-refractivity contribution is -0.122. The Morgan fingerprint density at radius 3 is 2.63 bits per heavy atom. The average molecular weight is 388 g/mol. The van der Waals surface area contributed by atoms with E-state index in [1.807, 2.05) is 43.3 Å². The number of carbonyl (C=O) groups is 1. The normalized spacial score (nSPS) is 16.4. The number of anilines is 1. The fourth-order valence-electron chi connectivity index (χ4n) is 3.37. The number of hydrogen-bond acceptors (Lipinski definition) is 4. The Kier molecular flexibility index (Phi) is 5.82. The standard InChI is InChI=1S/C20H24N2O4S/c1-3-22(18-11-7-4-8-15(18)2)27(24,25)21-20(23)14-19-17-10-6-5-9-16(17)12-13-26-19/h4-11,19H,3,12-14H2,1-2H3,(H,21,23). The fourth-order valence-corrected chi connectivity index (χ4v) is 4.65. The van der Waals surface area contributed by atoms with Gasteiger partial charge >= 0.3 is 10.2 Å². The van der Waals surface area contributed by atoms with E-state index in [0.717, 1.165) is 23.1 Å². The number of fused-ring (bicyclic) bond motifs is 1. The van der Waals surface area contributed by atoms with Crippen molar-refractivity contribution >= 4 is 21.8 Å². The zero-order chi connectivity index (χ0) is 19.4. The van der Waals surface area contributed by atoms with Crippen molar-refractivity contribution in [3.63, 3.8) is 0 Å². The lowest BCUT2D eigenvalue weighted by Crippen LogP contribution is -2.44. The van der Waals surface area contributed by atoms with E-state index < -0.39 is 22.2 Å². The molecule has 1 N–H and O–H groups in total. The van der Waals surface area contributed by atoms with Crippen molar-refractivity contribution in [1.82, 2.24) is 4.72 Å². The van der Waals surface area contributed by atoms with Crippen molar-refractivity contribution in [3.8, 4) is 0 Å². The number of ether oxygens (including phenoxy) is 1. The highest BCUT2D eigenvalue weighted by molar-refractivity contribution is 7.91. The van der Waals surface area contributed by atoms with Crippen LogP contribution in [0.25, 0.3) is 0 Å². The number of aryl methyl sites for hydroxylation is 1. The summed E-state index contributed by atoms with van der Waals surface area (Å²) in [6, 6.07) is 15.0. The molecule has 1 aliphatic heterocycles. The highest BCUT2D eigenvalue weighted by Gasteiger charge is 2.28. The second-order valence-corrected chi connectivity index (χ2v) is 8.09. The number of para-hydroxylation sites is 1. The van der Waals surface area contributed by atoms with Crippen molar-refractivity contribution in [2.75, 3.05) is 17.5 Å². The number of rotatable bonds is 6. The molecule has 0 aliphatic carbocycles. The third-order valence-electron chi connectivity index (χ3n) is 4.67. The van der Waals surface area contributed by atoms with Crippen molar-refractivity contribution in [3.05, 3.63) is 65.2 Å². The van der Waals surface area contributed by atoms with Crippen molar-refractivity contribution in [1.29, 1.82) is 0 Å². The number of benzene rings is 2. The molecule has 27 heavy (non-hydrogen) atoms. The first-order valence-corrected chi connectivity index (χ1v) is 10.4. The average Bonchev–Trinajstić information content (AvgIpc) is 2.63. The maximum atomic E-state index is 12.8. The molecule has 0 aromatic heterocycles. The Morgan fingerprint density at radius 2 is 1.89 bits per heavy atom. The van der Waals surface area contributed by atoms with E-state index in [1.54, 1.807) is 19.1 Å². The van der Waals surface area contributed by atoms with Gasteiger partial charge in [0.25, 0.3) is 0 Å². The summed E-state index contributed by atoms with van der Waals surface area (Å²) in [6.45, 7) is 4.31. The Morgan fingerprint density at radius 1 is 1.19 bits per heavy atom. The number of nitrogens with zero attached hydrogens (tertiary/aromatic N) is 1. The second-order valence-electron chi connectivity index (χ2n) is 6.49. The Balaban J connectivity index is 1.74. The molecule has 2 aromatic rings. The summed E-state index contributed by atoms with van der Waals surface area (Å²) in [5, 5.41) is 0. The van der Waals surface area contributed by atoms with Gasteiger partial charge in [0.1, 0.15) is 0 Å². The maximum absolute atomic E-state index is 12.8. The SMILES string of the molecule is CCN(c1ccccc1C)S(=O)(=O)NC(=O)CC1OCCc2ccccc21. The summed E-state index contributed by atoms with van der Waals surface area (Å²) in [4.78, 5) is 12.5. The van der Waals surface area contributed by atoms with E-state index in [9.17, 15) is 13.2 Å². The van der Waals surface area contributed by atoms with Crippen LogP contribution in [-0.4, -0.2) is 27.5 Å².